The second-order valence-electron chi connectivity index (χ2n) is 11.3. The molecule has 2 unspecified atom stereocenters. The normalized spacial score (nSPS) is 26.7. The Morgan fingerprint density at radius 2 is 1.52 bits per heavy atom. The Hall–Kier alpha value is -4.53. The number of aliphatic hydroxyl groups is 1. The van der Waals surface area contributed by atoms with E-state index in [9.17, 15) is 19.5 Å². The molecule has 0 aromatic heterocycles. The molecule has 212 valence electrons. The van der Waals surface area contributed by atoms with E-state index in [1.165, 1.54) is 4.90 Å². The first kappa shape index (κ1) is 26.4. The molecule has 1 spiro atoms. The number of likely N-dealkylation sites (tertiary alicyclic amines) is 1. The molecule has 0 aliphatic carbocycles. The average Bonchev–Trinajstić information content (AvgIpc) is 3.66. The number of anilines is 2. The minimum atomic E-state index is -1.19. The second kappa shape index (κ2) is 10.4. The van der Waals surface area contributed by atoms with Gasteiger partial charge >= 0.3 is 0 Å². The van der Waals surface area contributed by atoms with Gasteiger partial charge in [-0.15, -0.1) is 0 Å². The van der Waals surface area contributed by atoms with Crippen molar-refractivity contribution in [2.24, 2.45) is 11.8 Å². The average molecular weight is 562 g/mol. The molecule has 3 saturated heterocycles. The molecule has 8 nitrogen and oxygen atoms in total. The van der Waals surface area contributed by atoms with Crippen LogP contribution in [0.2, 0.25) is 0 Å². The van der Waals surface area contributed by atoms with Gasteiger partial charge in [0.2, 0.25) is 17.7 Å². The number of hydrogen-bond donors (Lipinski definition) is 3. The monoisotopic (exact) mass is 561 g/mol. The molecule has 7 rings (SSSR count). The summed E-state index contributed by atoms with van der Waals surface area (Å²) in [6.07, 6.45) is 0.534. The van der Waals surface area contributed by atoms with E-state index in [0.717, 1.165) is 10.8 Å². The summed E-state index contributed by atoms with van der Waals surface area (Å²) in [5.41, 5.74) is 0.735. The van der Waals surface area contributed by atoms with Gasteiger partial charge in [0.1, 0.15) is 11.6 Å². The number of benzene rings is 4. The van der Waals surface area contributed by atoms with Crippen molar-refractivity contribution in [3.8, 4) is 0 Å². The highest BCUT2D eigenvalue weighted by Crippen LogP contribution is 2.59. The Morgan fingerprint density at radius 1 is 0.857 bits per heavy atom. The largest absolute Gasteiger partial charge is 0.394 e. The van der Waals surface area contributed by atoms with Crippen LogP contribution in [0, 0.1) is 11.8 Å². The van der Waals surface area contributed by atoms with Crippen molar-refractivity contribution in [1.29, 1.82) is 0 Å². The lowest BCUT2D eigenvalue weighted by atomic mass is 9.70. The van der Waals surface area contributed by atoms with Crippen molar-refractivity contribution >= 4 is 39.9 Å². The number of carbonyl (C=O) groups excluding carboxylic acids is 3. The number of ether oxygens (including phenoxy) is 1. The maximum atomic E-state index is 14.4. The molecular weight excluding hydrogens is 530 g/mol. The number of nitrogens with one attached hydrogen (secondary N) is 2. The summed E-state index contributed by atoms with van der Waals surface area (Å²) in [5.74, 6) is -2.68. The van der Waals surface area contributed by atoms with Gasteiger partial charge in [0.25, 0.3) is 0 Å². The smallest absolute Gasteiger partial charge is 0.250 e. The zero-order valence-corrected chi connectivity index (χ0v) is 22.9. The van der Waals surface area contributed by atoms with E-state index in [1.807, 2.05) is 91.0 Å². The van der Waals surface area contributed by atoms with Crippen molar-refractivity contribution in [2.75, 3.05) is 17.2 Å². The van der Waals surface area contributed by atoms with E-state index in [-0.39, 0.29) is 18.4 Å². The summed E-state index contributed by atoms with van der Waals surface area (Å²) in [5, 5.41) is 18.6. The Kier molecular flexibility index (Phi) is 6.52. The predicted molar refractivity (Wildman–Crippen MR) is 158 cm³/mol. The van der Waals surface area contributed by atoms with Crippen molar-refractivity contribution in [2.45, 2.75) is 36.6 Å². The summed E-state index contributed by atoms with van der Waals surface area (Å²) in [6, 6.07) is 30.0. The van der Waals surface area contributed by atoms with Crippen LogP contribution in [0.3, 0.4) is 0 Å². The van der Waals surface area contributed by atoms with Crippen LogP contribution in [-0.4, -0.2) is 52.1 Å². The number of hydrogen-bond acceptors (Lipinski definition) is 5. The third-order valence-electron chi connectivity index (χ3n) is 9.04. The highest BCUT2D eigenvalue weighted by atomic mass is 16.5. The van der Waals surface area contributed by atoms with Crippen LogP contribution in [0.1, 0.15) is 24.4 Å². The number of carbonyl (C=O) groups is 3. The zero-order chi connectivity index (χ0) is 28.8. The molecule has 2 bridgehead atoms. The molecule has 42 heavy (non-hydrogen) atoms. The summed E-state index contributed by atoms with van der Waals surface area (Å²) in [6.45, 7) is -0.386. The van der Waals surface area contributed by atoms with Gasteiger partial charge in [-0.2, -0.15) is 0 Å². The van der Waals surface area contributed by atoms with Crippen LogP contribution >= 0.6 is 0 Å². The lowest BCUT2D eigenvalue weighted by Gasteiger charge is -2.36. The standard InChI is InChI=1S/C34H31N3O5/c38-20-26(22-10-3-1-4-11-22)37-30(32(40)36-25-16-15-21-9-7-8-12-23(21)19-25)34-18-17-27(42-34)28(29(34)33(37)41)31(39)35-24-13-5-2-6-14-24/h1-16,19,26-30,38H,17-18,20H2,(H,35,39)(H,36,40)/t26-,27+,28-,29+,30?,34?/m1/s1. The molecule has 4 aromatic rings. The summed E-state index contributed by atoms with van der Waals surface area (Å²) >= 11 is 0. The first-order chi connectivity index (χ1) is 20.5. The number of para-hydroxylation sites is 1. The predicted octanol–water partition coefficient (Wildman–Crippen LogP) is 4.53. The van der Waals surface area contributed by atoms with Crippen LogP contribution in [-0.2, 0) is 19.1 Å². The maximum Gasteiger partial charge on any atom is 0.250 e. The number of rotatable bonds is 7. The topological polar surface area (TPSA) is 108 Å². The molecule has 3 fully saturated rings. The summed E-state index contributed by atoms with van der Waals surface area (Å²) < 4.78 is 6.56. The van der Waals surface area contributed by atoms with Crippen molar-refractivity contribution in [1.82, 2.24) is 4.90 Å². The van der Waals surface area contributed by atoms with Crippen LogP contribution in [0.15, 0.2) is 103 Å². The van der Waals surface area contributed by atoms with E-state index < -0.39 is 41.5 Å². The Bertz CT molecular complexity index is 1660. The van der Waals surface area contributed by atoms with E-state index in [0.29, 0.717) is 29.8 Å². The van der Waals surface area contributed by atoms with E-state index >= 15 is 0 Å². The molecule has 3 amide bonds. The number of aliphatic hydroxyl groups excluding tert-OH is 1. The molecule has 0 saturated carbocycles. The summed E-state index contributed by atoms with van der Waals surface area (Å²) in [7, 11) is 0. The number of nitrogens with zero attached hydrogens (tertiary/aromatic N) is 1. The van der Waals surface area contributed by atoms with Crippen molar-refractivity contribution < 1.29 is 24.2 Å². The first-order valence-electron chi connectivity index (χ1n) is 14.3. The number of fused-ring (bicyclic) bond motifs is 2. The molecular formula is C34H31N3O5. The number of amides is 3. The van der Waals surface area contributed by atoms with Gasteiger partial charge in [-0.3, -0.25) is 14.4 Å². The van der Waals surface area contributed by atoms with Crippen LogP contribution in [0.25, 0.3) is 10.8 Å². The van der Waals surface area contributed by atoms with E-state index in [1.54, 1.807) is 12.1 Å². The highest BCUT2D eigenvalue weighted by Gasteiger charge is 2.75. The van der Waals surface area contributed by atoms with Gasteiger partial charge in [0.15, 0.2) is 0 Å². The Balaban J connectivity index is 1.28. The molecule has 3 heterocycles. The lowest BCUT2D eigenvalue weighted by Crippen LogP contribution is -2.54. The van der Waals surface area contributed by atoms with Crippen molar-refractivity contribution in [3.63, 3.8) is 0 Å². The van der Waals surface area contributed by atoms with Crippen LogP contribution in [0.4, 0.5) is 11.4 Å². The molecule has 4 aromatic carbocycles. The Morgan fingerprint density at radius 3 is 2.26 bits per heavy atom. The first-order valence-corrected chi connectivity index (χ1v) is 14.3. The van der Waals surface area contributed by atoms with Gasteiger partial charge in [-0.25, -0.2) is 0 Å². The van der Waals surface area contributed by atoms with Gasteiger partial charge in [0, 0.05) is 11.4 Å². The lowest BCUT2D eigenvalue weighted by molar-refractivity contribution is -0.143. The van der Waals surface area contributed by atoms with Crippen LogP contribution in [0.5, 0.6) is 0 Å². The SMILES string of the molecule is O=C(Nc1ccc2ccccc2c1)C1N([C@H](CO)c2ccccc2)C(=O)[C@@H]2[C@H](C(=O)Nc3ccccc3)[C@@H]3CCC12O3. The molecule has 3 aliphatic heterocycles. The Labute approximate surface area is 243 Å². The third kappa shape index (κ3) is 4.18. The fourth-order valence-electron chi connectivity index (χ4n) is 7.28. The van der Waals surface area contributed by atoms with E-state index in [4.69, 9.17) is 4.74 Å². The molecule has 3 N–H and O–H groups in total. The molecule has 0 radical (unpaired) electrons. The van der Waals surface area contributed by atoms with Gasteiger partial charge in [-0.05, 0) is 53.4 Å². The van der Waals surface area contributed by atoms with Gasteiger partial charge in [-0.1, -0.05) is 78.9 Å². The maximum absolute atomic E-state index is 14.4. The second-order valence-corrected chi connectivity index (χ2v) is 11.3. The zero-order valence-electron chi connectivity index (χ0n) is 22.9. The van der Waals surface area contributed by atoms with Crippen molar-refractivity contribution in [3.05, 3.63) is 109 Å². The fraction of sp³-hybridized carbons (Fsp3) is 0.265. The minimum Gasteiger partial charge on any atom is -0.394 e. The quantitative estimate of drug-likeness (QED) is 0.308. The highest BCUT2D eigenvalue weighted by molar-refractivity contribution is 6.05. The van der Waals surface area contributed by atoms with Gasteiger partial charge in [0.05, 0.1) is 30.6 Å². The van der Waals surface area contributed by atoms with Crippen LogP contribution < -0.4 is 10.6 Å². The molecule has 8 heteroatoms. The summed E-state index contributed by atoms with van der Waals surface area (Å²) in [4.78, 5) is 43.9. The molecule has 6 atom stereocenters. The fourth-order valence-corrected chi connectivity index (χ4v) is 7.28. The minimum absolute atomic E-state index is 0.304. The molecule has 3 aliphatic rings. The third-order valence-corrected chi connectivity index (χ3v) is 9.04. The van der Waals surface area contributed by atoms with E-state index in [2.05, 4.69) is 10.6 Å². The van der Waals surface area contributed by atoms with Gasteiger partial charge < -0.3 is 25.4 Å².